The summed E-state index contributed by atoms with van der Waals surface area (Å²) >= 11 is 0. The van der Waals surface area contributed by atoms with E-state index in [0.717, 1.165) is 13.0 Å². The summed E-state index contributed by atoms with van der Waals surface area (Å²) in [6.45, 7) is 1.16. The lowest BCUT2D eigenvalue weighted by molar-refractivity contribution is 0.400. The van der Waals surface area contributed by atoms with Crippen LogP contribution in [0.3, 0.4) is 0 Å². The molecule has 0 amide bonds. The first-order chi connectivity index (χ1) is 5.79. The Kier molecular flexibility index (Phi) is 3.81. The summed E-state index contributed by atoms with van der Waals surface area (Å²) in [5.74, 6) is 0. The first kappa shape index (κ1) is 9.27. The van der Waals surface area contributed by atoms with Crippen LogP contribution in [0.15, 0.2) is 24.3 Å². The van der Waals surface area contributed by atoms with E-state index in [2.05, 4.69) is 37.2 Å². The van der Waals surface area contributed by atoms with E-state index in [1.807, 2.05) is 12.1 Å². The van der Waals surface area contributed by atoms with Crippen LogP contribution < -0.4 is 0 Å². The second-order valence-corrected chi connectivity index (χ2v) is 3.32. The van der Waals surface area contributed by atoms with Gasteiger partial charge in [-0.1, -0.05) is 24.3 Å². The molecule has 1 rings (SSSR count). The molecular weight excluding hydrogens is 146 g/mol. The van der Waals surface area contributed by atoms with Crippen LogP contribution in [0.4, 0.5) is 0 Å². The van der Waals surface area contributed by atoms with Gasteiger partial charge in [0, 0.05) is 0 Å². The van der Waals surface area contributed by atoms with Crippen LogP contribution in [0, 0.1) is 6.07 Å². The summed E-state index contributed by atoms with van der Waals surface area (Å²) < 4.78 is 0. The Morgan fingerprint density at radius 3 is 2.83 bits per heavy atom. The van der Waals surface area contributed by atoms with E-state index < -0.39 is 0 Å². The van der Waals surface area contributed by atoms with Gasteiger partial charge in [-0.25, -0.2) is 0 Å². The summed E-state index contributed by atoms with van der Waals surface area (Å²) in [5, 5.41) is 0. The Hall–Kier alpha value is -0.820. The molecule has 1 nitrogen and oxygen atoms in total. The van der Waals surface area contributed by atoms with Gasteiger partial charge in [0.2, 0.25) is 0 Å². The molecule has 0 saturated heterocycles. The van der Waals surface area contributed by atoms with Crippen LogP contribution in [0.1, 0.15) is 12.0 Å². The predicted molar refractivity (Wildman–Crippen MR) is 52.2 cm³/mol. The third-order valence-corrected chi connectivity index (χ3v) is 1.84. The zero-order chi connectivity index (χ0) is 8.81. The Morgan fingerprint density at radius 1 is 1.42 bits per heavy atom. The zero-order valence-corrected chi connectivity index (χ0v) is 7.88. The van der Waals surface area contributed by atoms with Gasteiger partial charge in [0.15, 0.2) is 0 Å². The number of nitrogens with zero attached hydrogens (tertiary/aromatic N) is 1. The standard InChI is InChI=1S/C11H16N/c1-12(2)10-6-9-11-7-4-3-5-8-11/h3-4,7-8H,6,9-10H2,1-2H3. The molecule has 0 aromatic heterocycles. The largest absolute Gasteiger partial charge is 0.309 e. The molecule has 0 aliphatic heterocycles. The van der Waals surface area contributed by atoms with Crippen molar-refractivity contribution in [2.75, 3.05) is 20.6 Å². The van der Waals surface area contributed by atoms with E-state index in [-0.39, 0.29) is 0 Å². The van der Waals surface area contributed by atoms with Gasteiger partial charge in [0.25, 0.3) is 0 Å². The van der Waals surface area contributed by atoms with Crippen molar-refractivity contribution in [1.82, 2.24) is 4.90 Å². The third-order valence-electron chi connectivity index (χ3n) is 1.84. The lowest BCUT2D eigenvalue weighted by Crippen LogP contribution is -2.13. The smallest absolute Gasteiger partial charge is 0.00217 e. The van der Waals surface area contributed by atoms with Gasteiger partial charge in [0.1, 0.15) is 0 Å². The van der Waals surface area contributed by atoms with Gasteiger partial charge in [-0.05, 0) is 45.1 Å². The van der Waals surface area contributed by atoms with Crippen LogP contribution in [-0.4, -0.2) is 25.5 Å². The lowest BCUT2D eigenvalue weighted by atomic mass is 10.1. The van der Waals surface area contributed by atoms with Gasteiger partial charge >= 0.3 is 0 Å². The molecule has 0 saturated carbocycles. The van der Waals surface area contributed by atoms with Gasteiger partial charge in [-0.15, -0.1) is 0 Å². The van der Waals surface area contributed by atoms with Gasteiger partial charge in [-0.2, -0.15) is 0 Å². The predicted octanol–water partition coefficient (Wildman–Crippen LogP) is 1.98. The fourth-order valence-electron chi connectivity index (χ4n) is 1.19. The van der Waals surface area contributed by atoms with Gasteiger partial charge in [0.05, 0.1) is 0 Å². The highest BCUT2D eigenvalue weighted by molar-refractivity contribution is 5.13. The molecule has 12 heavy (non-hydrogen) atoms. The number of hydrogen-bond acceptors (Lipinski definition) is 1. The van der Waals surface area contributed by atoms with Crippen LogP contribution in [0.5, 0.6) is 0 Å². The van der Waals surface area contributed by atoms with Crippen molar-refractivity contribution in [3.63, 3.8) is 0 Å². The maximum absolute atomic E-state index is 3.09. The molecule has 0 aliphatic rings. The zero-order valence-electron chi connectivity index (χ0n) is 7.88. The van der Waals surface area contributed by atoms with Crippen LogP contribution in [-0.2, 0) is 6.42 Å². The molecule has 0 atom stereocenters. The fourth-order valence-corrected chi connectivity index (χ4v) is 1.19. The highest BCUT2D eigenvalue weighted by Crippen LogP contribution is 2.01. The van der Waals surface area contributed by atoms with E-state index in [1.165, 1.54) is 12.0 Å². The van der Waals surface area contributed by atoms with Crippen molar-refractivity contribution in [2.45, 2.75) is 12.8 Å². The number of benzene rings is 1. The fraction of sp³-hybridized carbons (Fsp3) is 0.455. The number of aryl methyl sites for hydroxylation is 1. The van der Waals surface area contributed by atoms with Crippen LogP contribution in [0.2, 0.25) is 0 Å². The second-order valence-electron chi connectivity index (χ2n) is 3.32. The maximum Gasteiger partial charge on any atom is -0.00217 e. The molecule has 0 unspecified atom stereocenters. The van der Waals surface area contributed by atoms with E-state index in [4.69, 9.17) is 0 Å². The first-order valence-electron chi connectivity index (χ1n) is 4.39. The molecule has 1 heteroatoms. The average Bonchev–Trinajstić information content (AvgIpc) is 2.05. The molecule has 1 aromatic carbocycles. The monoisotopic (exact) mass is 162 g/mol. The van der Waals surface area contributed by atoms with E-state index in [0.29, 0.717) is 0 Å². The minimum absolute atomic E-state index is 1.16. The van der Waals surface area contributed by atoms with E-state index >= 15 is 0 Å². The molecule has 1 aromatic rings. The molecular formula is C11H16N. The Balaban J connectivity index is 2.25. The summed E-state index contributed by atoms with van der Waals surface area (Å²) in [4.78, 5) is 2.21. The summed E-state index contributed by atoms with van der Waals surface area (Å²) in [7, 11) is 4.22. The minimum Gasteiger partial charge on any atom is -0.309 e. The SMILES string of the molecule is CN(C)CCCc1c[c]ccc1. The minimum atomic E-state index is 1.16. The van der Waals surface area contributed by atoms with E-state index in [9.17, 15) is 0 Å². The Labute approximate surface area is 75.0 Å². The summed E-state index contributed by atoms with van der Waals surface area (Å²) in [5.41, 5.74) is 1.39. The molecule has 0 aliphatic carbocycles. The third kappa shape index (κ3) is 3.54. The molecule has 0 spiro atoms. The van der Waals surface area contributed by atoms with Crippen molar-refractivity contribution in [2.24, 2.45) is 0 Å². The molecule has 0 N–H and O–H groups in total. The molecule has 0 bridgehead atoms. The van der Waals surface area contributed by atoms with Crippen molar-refractivity contribution < 1.29 is 0 Å². The summed E-state index contributed by atoms with van der Waals surface area (Å²) in [6.07, 6.45) is 2.39. The highest BCUT2D eigenvalue weighted by atomic mass is 15.0. The quantitative estimate of drug-likeness (QED) is 0.654. The first-order valence-corrected chi connectivity index (χ1v) is 4.39. The lowest BCUT2D eigenvalue weighted by Gasteiger charge is -2.08. The normalized spacial score (nSPS) is 10.6. The molecule has 0 heterocycles. The molecule has 1 radical (unpaired) electrons. The van der Waals surface area contributed by atoms with Crippen molar-refractivity contribution in [3.05, 3.63) is 35.9 Å². The second kappa shape index (κ2) is 4.94. The average molecular weight is 162 g/mol. The van der Waals surface area contributed by atoms with Crippen LogP contribution in [0.25, 0.3) is 0 Å². The topological polar surface area (TPSA) is 3.24 Å². The highest BCUT2D eigenvalue weighted by Gasteiger charge is 1.92. The van der Waals surface area contributed by atoms with Crippen LogP contribution >= 0.6 is 0 Å². The van der Waals surface area contributed by atoms with Gasteiger partial charge in [-0.3, -0.25) is 0 Å². The molecule has 0 fully saturated rings. The summed E-state index contributed by atoms with van der Waals surface area (Å²) in [6, 6.07) is 11.3. The van der Waals surface area contributed by atoms with Crippen molar-refractivity contribution in [3.8, 4) is 0 Å². The number of rotatable bonds is 4. The Morgan fingerprint density at radius 2 is 2.25 bits per heavy atom. The van der Waals surface area contributed by atoms with Crippen molar-refractivity contribution >= 4 is 0 Å². The van der Waals surface area contributed by atoms with Gasteiger partial charge < -0.3 is 4.90 Å². The molecule has 65 valence electrons. The van der Waals surface area contributed by atoms with Crippen molar-refractivity contribution in [1.29, 1.82) is 0 Å². The maximum atomic E-state index is 3.09. The number of hydrogen-bond donors (Lipinski definition) is 0. The van der Waals surface area contributed by atoms with E-state index in [1.54, 1.807) is 0 Å². The Bertz CT molecular complexity index is 204.